The third-order valence-electron chi connectivity index (χ3n) is 5.64. The van der Waals surface area contributed by atoms with Crippen molar-refractivity contribution >= 4 is 34.7 Å². The van der Waals surface area contributed by atoms with Gasteiger partial charge in [0, 0.05) is 53.9 Å². The number of esters is 1. The highest BCUT2D eigenvalue weighted by molar-refractivity contribution is 7.11. The standard InChI is InChI=1S/C21H20ClFN4O3S/c1-29-21(28)17-16(10-27-8-12-7-13(9-27)30-12)25-19(20-24-4-5-31-20)26-18(17)14-3-2-11(23)6-15(14)22/h2-6,12-13,18H,7-10H2,1H3,(H,25,26). The molecule has 1 aromatic carbocycles. The van der Waals surface area contributed by atoms with Crippen LogP contribution in [0.2, 0.25) is 5.02 Å². The van der Waals surface area contributed by atoms with Gasteiger partial charge in [-0.3, -0.25) is 9.89 Å². The molecule has 3 fully saturated rings. The molecule has 1 N–H and O–H groups in total. The average Bonchev–Trinajstić information content (AvgIpc) is 3.27. The number of benzene rings is 1. The highest BCUT2D eigenvalue weighted by atomic mass is 35.5. The van der Waals surface area contributed by atoms with E-state index in [0.29, 0.717) is 34.2 Å². The van der Waals surface area contributed by atoms with Gasteiger partial charge in [-0.1, -0.05) is 17.7 Å². The number of carbonyl (C=O) groups excluding carboxylic acids is 1. The van der Waals surface area contributed by atoms with Crippen molar-refractivity contribution in [1.82, 2.24) is 15.2 Å². The lowest BCUT2D eigenvalue weighted by Gasteiger charge is -2.47. The summed E-state index contributed by atoms with van der Waals surface area (Å²) < 4.78 is 24.5. The quantitative estimate of drug-likeness (QED) is 0.688. The molecule has 3 saturated heterocycles. The summed E-state index contributed by atoms with van der Waals surface area (Å²) in [6.07, 6.45) is 3.24. The number of aromatic nitrogens is 1. The Balaban J connectivity index is 1.58. The van der Waals surface area contributed by atoms with Gasteiger partial charge in [0.25, 0.3) is 0 Å². The van der Waals surface area contributed by atoms with E-state index in [1.54, 1.807) is 12.3 Å². The van der Waals surface area contributed by atoms with Crippen molar-refractivity contribution < 1.29 is 18.7 Å². The highest BCUT2D eigenvalue weighted by Crippen LogP contribution is 2.37. The number of fused-ring (bicyclic) bond motifs is 2. The van der Waals surface area contributed by atoms with Crippen LogP contribution in [0.15, 0.2) is 46.0 Å². The van der Waals surface area contributed by atoms with Crippen LogP contribution in [0.1, 0.15) is 23.0 Å². The number of aliphatic imine (C=N–C) groups is 1. The van der Waals surface area contributed by atoms with Gasteiger partial charge in [0.1, 0.15) is 11.9 Å². The van der Waals surface area contributed by atoms with Crippen molar-refractivity contribution in [3.8, 4) is 0 Å². The number of ether oxygens (including phenoxy) is 2. The molecule has 0 radical (unpaired) electrons. The second kappa shape index (κ2) is 8.31. The smallest absolute Gasteiger partial charge is 0.338 e. The number of carbonyl (C=O) groups is 1. The highest BCUT2D eigenvalue weighted by Gasteiger charge is 2.40. The lowest BCUT2D eigenvalue weighted by molar-refractivity contribution is -0.179. The molecule has 0 saturated carbocycles. The number of morpholine rings is 1. The first-order valence-electron chi connectivity index (χ1n) is 9.90. The van der Waals surface area contributed by atoms with Crippen LogP contribution in [0.25, 0.3) is 0 Å². The number of rotatable bonds is 5. The molecule has 10 heteroatoms. The van der Waals surface area contributed by atoms with Crippen LogP contribution >= 0.6 is 22.9 Å². The van der Waals surface area contributed by atoms with Crippen molar-refractivity contribution in [2.24, 2.45) is 4.99 Å². The van der Waals surface area contributed by atoms with Gasteiger partial charge in [0.2, 0.25) is 0 Å². The first-order chi connectivity index (χ1) is 15.0. The minimum Gasteiger partial charge on any atom is -0.466 e. The monoisotopic (exact) mass is 462 g/mol. The Morgan fingerprint density at radius 1 is 1.42 bits per heavy atom. The van der Waals surface area contributed by atoms with Gasteiger partial charge in [-0.25, -0.2) is 14.2 Å². The van der Waals surface area contributed by atoms with E-state index >= 15 is 0 Å². The number of nitrogens with zero attached hydrogens (tertiary/aromatic N) is 3. The zero-order valence-corrected chi connectivity index (χ0v) is 18.3. The van der Waals surface area contributed by atoms with Gasteiger partial charge in [-0.05, 0) is 12.1 Å². The Bertz CT molecular complexity index is 1060. The molecule has 4 aliphatic heterocycles. The molecule has 3 atom stereocenters. The number of nitrogens with one attached hydrogen (secondary N) is 1. The summed E-state index contributed by atoms with van der Waals surface area (Å²) >= 11 is 7.80. The van der Waals surface area contributed by atoms with Gasteiger partial charge in [0.15, 0.2) is 10.8 Å². The number of hydrogen-bond donors (Lipinski definition) is 1. The molecule has 162 valence electrons. The number of thiazole rings is 1. The predicted octanol–water partition coefficient (Wildman–Crippen LogP) is 2.93. The minimum absolute atomic E-state index is 0.197. The summed E-state index contributed by atoms with van der Waals surface area (Å²) in [7, 11) is 1.33. The first kappa shape index (κ1) is 20.6. The normalized spacial score (nSPS) is 25.5. The SMILES string of the molecule is COC(=O)C1=C(CN2CC3CC(C2)O3)NC(c2nccs2)=NC1c1ccc(F)cc1Cl. The van der Waals surface area contributed by atoms with E-state index < -0.39 is 17.8 Å². The maximum Gasteiger partial charge on any atom is 0.338 e. The van der Waals surface area contributed by atoms with Crippen molar-refractivity contribution in [2.45, 2.75) is 24.7 Å². The number of piperidine rings is 1. The molecule has 0 aliphatic carbocycles. The van der Waals surface area contributed by atoms with Crippen LogP contribution in [0, 0.1) is 5.82 Å². The molecule has 7 nitrogen and oxygen atoms in total. The van der Waals surface area contributed by atoms with E-state index in [4.69, 9.17) is 26.1 Å². The fraction of sp³-hybridized carbons (Fsp3) is 0.381. The summed E-state index contributed by atoms with van der Waals surface area (Å²) in [5.41, 5.74) is 1.57. The molecule has 4 aliphatic rings. The van der Waals surface area contributed by atoms with Gasteiger partial charge >= 0.3 is 5.97 Å². The van der Waals surface area contributed by atoms with Crippen LogP contribution in [0.3, 0.4) is 0 Å². The van der Waals surface area contributed by atoms with E-state index in [0.717, 1.165) is 19.5 Å². The number of halogens is 2. The fourth-order valence-electron chi connectivity index (χ4n) is 4.26. The van der Waals surface area contributed by atoms with Crippen molar-refractivity contribution in [3.05, 3.63) is 62.5 Å². The molecule has 6 rings (SSSR count). The Hall–Kier alpha value is -2.33. The van der Waals surface area contributed by atoms with Crippen molar-refractivity contribution in [2.75, 3.05) is 26.7 Å². The molecule has 31 heavy (non-hydrogen) atoms. The van der Waals surface area contributed by atoms with Crippen molar-refractivity contribution in [3.63, 3.8) is 0 Å². The average molecular weight is 463 g/mol. The molecule has 1 aromatic heterocycles. The fourth-order valence-corrected chi connectivity index (χ4v) is 5.12. The predicted molar refractivity (Wildman–Crippen MR) is 115 cm³/mol. The molecular weight excluding hydrogens is 443 g/mol. The van der Waals surface area contributed by atoms with E-state index in [1.807, 2.05) is 5.38 Å². The number of methoxy groups -OCH3 is 1. The molecule has 0 amide bonds. The summed E-state index contributed by atoms with van der Waals surface area (Å²) in [5, 5.41) is 6.05. The summed E-state index contributed by atoms with van der Waals surface area (Å²) in [6, 6.07) is 3.35. The van der Waals surface area contributed by atoms with Crippen LogP contribution in [0.4, 0.5) is 4.39 Å². The zero-order valence-electron chi connectivity index (χ0n) is 16.7. The number of hydrogen-bond acceptors (Lipinski definition) is 8. The molecule has 0 spiro atoms. The van der Waals surface area contributed by atoms with Crippen LogP contribution in [0.5, 0.6) is 0 Å². The van der Waals surface area contributed by atoms with Crippen LogP contribution in [-0.4, -0.2) is 60.6 Å². The van der Waals surface area contributed by atoms with Crippen LogP contribution < -0.4 is 5.32 Å². The largest absolute Gasteiger partial charge is 0.466 e. The van der Waals surface area contributed by atoms with E-state index in [2.05, 4.69) is 15.2 Å². The van der Waals surface area contributed by atoms with E-state index in [-0.39, 0.29) is 17.2 Å². The van der Waals surface area contributed by atoms with Gasteiger partial charge in [0.05, 0.1) is 24.9 Å². The Kier molecular flexibility index (Phi) is 5.51. The second-order valence-electron chi connectivity index (χ2n) is 7.70. The summed E-state index contributed by atoms with van der Waals surface area (Å²) in [5.74, 6) is -0.419. The lowest BCUT2D eigenvalue weighted by atomic mass is 9.94. The molecular formula is C21H20ClFN4O3S. The Labute approximate surface area is 187 Å². The molecule has 3 unspecified atom stereocenters. The molecule has 2 bridgehead atoms. The third kappa shape index (κ3) is 3.98. The maximum atomic E-state index is 13.7. The Morgan fingerprint density at radius 3 is 2.84 bits per heavy atom. The molecule has 5 heterocycles. The summed E-state index contributed by atoms with van der Waals surface area (Å²) in [6.45, 7) is 2.09. The lowest BCUT2D eigenvalue weighted by Crippen LogP contribution is -2.58. The van der Waals surface area contributed by atoms with Gasteiger partial charge in [-0.15, -0.1) is 11.3 Å². The second-order valence-corrected chi connectivity index (χ2v) is 9.00. The number of amidine groups is 1. The van der Waals surface area contributed by atoms with E-state index in [1.165, 1.54) is 30.6 Å². The maximum absolute atomic E-state index is 13.7. The van der Waals surface area contributed by atoms with Gasteiger partial charge in [-0.2, -0.15) is 0 Å². The van der Waals surface area contributed by atoms with Gasteiger partial charge < -0.3 is 14.8 Å². The van der Waals surface area contributed by atoms with E-state index in [9.17, 15) is 9.18 Å². The summed E-state index contributed by atoms with van der Waals surface area (Å²) in [4.78, 5) is 24.2. The minimum atomic E-state index is -0.744. The molecule has 2 aromatic rings. The van der Waals surface area contributed by atoms with Crippen molar-refractivity contribution in [1.29, 1.82) is 0 Å². The van der Waals surface area contributed by atoms with Crippen LogP contribution in [-0.2, 0) is 14.3 Å². The Morgan fingerprint density at radius 2 is 2.19 bits per heavy atom. The third-order valence-corrected chi connectivity index (χ3v) is 6.75. The topological polar surface area (TPSA) is 76.0 Å². The first-order valence-corrected chi connectivity index (χ1v) is 11.2. The zero-order chi connectivity index (χ0) is 21.5.